The molecular weight excluding hydrogens is 481 g/mol. The van der Waals surface area contributed by atoms with E-state index in [0.717, 1.165) is 32.8 Å². The van der Waals surface area contributed by atoms with E-state index in [1.165, 1.54) is 17.7 Å². The summed E-state index contributed by atoms with van der Waals surface area (Å²) in [6, 6.07) is 10.2. The monoisotopic (exact) mass is 501 g/mol. The van der Waals surface area contributed by atoms with Crippen molar-refractivity contribution in [2.45, 2.75) is 32.7 Å². The standard InChI is InChI=1S/C24H21Cl2N3O3S/c1-3-17-18(14-10-15(25)21(30)20(26)12(14)2)19-22(27-11-28-23(19)33-17)29-16(24(31)32)9-13-7-5-4-6-8-13/h4-8,10-11,16,30H,3,9H2,1-2H3,(H,31,32)(H,27,28,29). The number of phenolic OH excluding ortho intramolecular Hbond substituents is 1. The molecule has 2 heterocycles. The summed E-state index contributed by atoms with van der Waals surface area (Å²) < 4.78 is 0. The third-order valence-electron chi connectivity index (χ3n) is 5.48. The summed E-state index contributed by atoms with van der Waals surface area (Å²) in [5.74, 6) is -0.723. The first-order chi connectivity index (χ1) is 15.8. The maximum absolute atomic E-state index is 12.1. The summed E-state index contributed by atoms with van der Waals surface area (Å²) in [4.78, 5) is 22.7. The maximum atomic E-state index is 12.1. The molecule has 0 amide bonds. The zero-order valence-electron chi connectivity index (χ0n) is 17.9. The third-order valence-corrected chi connectivity index (χ3v) is 7.47. The van der Waals surface area contributed by atoms with Crippen LogP contribution in [0, 0.1) is 6.92 Å². The lowest BCUT2D eigenvalue weighted by atomic mass is 9.97. The van der Waals surface area contributed by atoms with Gasteiger partial charge in [0.05, 0.1) is 15.4 Å². The van der Waals surface area contributed by atoms with Crippen molar-refractivity contribution in [1.82, 2.24) is 9.97 Å². The molecule has 0 bridgehead atoms. The van der Waals surface area contributed by atoms with Crippen molar-refractivity contribution in [1.29, 1.82) is 0 Å². The van der Waals surface area contributed by atoms with Crippen LogP contribution in [-0.2, 0) is 17.6 Å². The third kappa shape index (κ3) is 4.49. The number of aromatic hydroxyl groups is 1. The number of carboxylic acids is 1. The Balaban J connectivity index is 1.88. The van der Waals surface area contributed by atoms with Gasteiger partial charge in [-0.15, -0.1) is 11.3 Å². The zero-order chi connectivity index (χ0) is 23.7. The molecule has 3 N–H and O–H groups in total. The van der Waals surface area contributed by atoms with Gasteiger partial charge in [-0.1, -0.05) is 60.5 Å². The smallest absolute Gasteiger partial charge is 0.326 e. The van der Waals surface area contributed by atoms with E-state index in [2.05, 4.69) is 15.3 Å². The molecule has 0 aliphatic carbocycles. The van der Waals surface area contributed by atoms with Crippen molar-refractivity contribution in [3.05, 3.63) is 68.8 Å². The predicted octanol–water partition coefficient (Wildman–Crippen LogP) is 6.35. The van der Waals surface area contributed by atoms with Gasteiger partial charge in [0.25, 0.3) is 0 Å². The minimum absolute atomic E-state index is 0.140. The van der Waals surface area contributed by atoms with Crippen LogP contribution in [0.25, 0.3) is 21.3 Å². The lowest BCUT2D eigenvalue weighted by molar-refractivity contribution is -0.137. The highest BCUT2D eigenvalue weighted by atomic mass is 35.5. The molecule has 4 aromatic rings. The zero-order valence-corrected chi connectivity index (χ0v) is 20.2. The Labute approximate surface area is 204 Å². The molecule has 0 fully saturated rings. The molecule has 0 radical (unpaired) electrons. The molecular formula is C24H21Cl2N3O3S. The Kier molecular flexibility index (Phi) is 6.74. The first-order valence-corrected chi connectivity index (χ1v) is 11.9. The quantitative estimate of drug-likeness (QED) is 0.273. The summed E-state index contributed by atoms with van der Waals surface area (Å²) in [5, 5.41) is 24.2. The van der Waals surface area contributed by atoms with Crippen LogP contribution in [0.4, 0.5) is 5.82 Å². The van der Waals surface area contributed by atoms with Crippen LogP contribution >= 0.6 is 34.5 Å². The van der Waals surface area contributed by atoms with Gasteiger partial charge in [-0.2, -0.15) is 0 Å². The number of hydrogen-bond donors (Lipinski definition) is 3. The number of hydrogen-bond acceptors (Lipinski definition) is 6. The molecule has 33 heavy (non-hydrogen) atoms. The van der Waals surface area contributed by atoms with Crippen molar-refractivity contribution in [2.24, 2.45) is 0 Å². The number of aryl methyl sites for hydroxylation is 1. The number of fused-ring (bicyclic) bond motifs is 1. The summed E-state index contributed by atoms with van der Waals surface area (Å²) >= 11 is 14.1. The second kappa shape index (κ2) is 9.55. The molecule has 0 saturated heterocycles. The lowest BCUT2D eigenvalue weighted by Crippen LogP contribution is -2.32. The Morgan fingerprint density at radius 2 is 1.94 bits per heavy atom. The molecule has 4 rings (SSSR count). The van der Waals surface area contributed by atoms with E-state index in [0.29, 0.717) is 16.8 Å². The summed E-state index contributed by atoms with van der Waals surface area (Å²) in [6.07, 6.45) is 2.44. The first-order valence-electron chi connectivity index (χ1n) is 10.3. The van der Waals surface area contributed by atoms with E-state index in [1.807, 2.05) is 44.2 Å². The van der Waals surface area contributed by atoms with E-state index < -0.39 is 12.0 Å². The fourth-order valence-corrected chi connectivity index (χ4v) is 5.35. The van der Waals surface area contributed by atoms with Crippen molar-refractivity contribution in [2.75, 3.05) is 5.32 Å². The number of aliphatic carboxylic acids is 1. The molecule has 1 unspecified atom stereocenters. The average molecular weight is 502 g/mol. The molecule has 2 aromatic carbocycles. The van der Waals surface area contributed by atoms with E-state index >= 15 is 0 Å². The van der Waals surface area contributed by atoms with E-state index in [4.69, 9.17) is 23.2 Å². The molecule has 6 nitrogen and oxygen atoms in total. The van der Waals surface area contributed by atoms with Gasteiger partial charge in [0.2, 0.25) is 0 Å². The molecule has 9 heteroatoms. The minimum Gasteiger partial charge on any atom is -0.505 e. The van der Waals surface area contributed by atoms with Gasteiger partial charge in [-0.3, -0.25) is 0 Å². The number of nitrogens with zero attached hydrogens (tertiary/aromatic N) is 2. The highest BCUT2D eigenvalue weighted by Gasteiger charge is 2.25. The number of phenols is 1. The summed E-state index contributed by atoms with van der Waals surface area (Å²) in [7, 11) is 0. The SMILES string of the molecule is CCc1sc2ncnc(NC(Cc3ccccc3)C(=O)O)c2c1-c1cc(Cl)c(O)c(Cl)c1C. The van der Waals surface area contributed by atoms with Crippen LogP contribution in [0.3, 0.4) is 0 Å². The topological polar surface area (TPSA) is 95.3 Å². The van der Waals surface area contributed by atoms with E-state index in [-0.39, 0.29) is 22.2 Å². The molecule has 2 aromatic heterocycles. The summed E-state index contributed by atoms with van der Waals surface area (Å²) in [5.41, 5.74) is 3.15. The van der Waals surface area contributed by atoms with Crippen molar-refractivity contribution in [3.8, 4) is 16.9 Å². The highest BCUT2D eigenvalue weighted by Crippen LogP contribution is 2.47. The van der Waals surface area contributed by atoms with Crippen LogP contribution in [0.2, 0.25) is 10.0 Å². The van der Waals surface area contributed by atoms with Crippen molar-refractivity contribution in [3.63, 3.8) is 0 Å². The number of anilines is 1. The second-order valence-electron chi connectivity index (χ2n) is 7.57. The van der Waals surface area contributed by atoms with Gasteiger partial charge in [0.1, 0.15) is 23.0 Å². The lowest BCUT2D eigenvalue weighted by Gasteiger charge is -2.17. The molecule has 0 aliphatic heterocycles. The van der Waals surface area contributed by atoms with Gasteiger partial charge in [-0.05, 0) is 36.1 Å². The average Bonchev–Trinajstić information content (AvgIpc) is 3.19. The Morgan fingerprint density at radius 3 is 2.61 bits per heavy atom. The first kappa shape index (κ1) is 23.3. The van der Waals surface area contributed by atoms with Crippen molar-refractivity contribution < 1.29 is 15.0 Å². The van der Waals surface area contributed by atoms with Gasteiger partial charge in [0, 0.05) is 16.9 Å². The second-order valence-corrected chi connectivity index (χ2v) is 9.44. The fourth-order valence-electron chi connectivity index (χ4n) is 3.80. The summed E-state index contributed by atoms with van der Waals surface area (Å²) in [6.45, 7) is 3.84. The van der Waals surface area contributed by atoms with Crippen LogP contribution in [0.5, 0.6) is 5.75 Å². The van der Waals surface area contributed by atoms with Gasteiger partial charge in [0.15, 0.2) is 5.75 Å². The molecule has 170 valence electrons. The van der Waals surface area contributed by atoms with Crippen LogP contribution in [-0.4, -0.2) is 32.2 Å². The number of rotatable bonds is 7. The largest absolute Gasteiger partial charge is 0.505 e. The number of halogens is 2. The van der Waals surface area contributed by atoms with Crippen molar-refractivity contribution >= 4 is 56.5 Å². The maximum Gasteiger partial charge on any atom is 0.326 e. The Hall–Kier alpha value is -2.87. The Bertz CT molecular complexity index is 1340. The molecule has 0 saturated carbocycles. The van der Waals surface area contributed by atoms with Crippen LogP contribution in [0.15, 0.2) is 42.7 Å². The van der Waals surface area contributed by atoms with Crippen LogP contribution in [0.1, 0.15) is 22.9 Å². The number of carbonyl (C=O) groups is 1. The molecule has 1 atom stereocenters. The van der Waals surface area contributed by atoms with Gasteiger partial charge < -0.3 is 15.5 Å². The number of aromatic nitrogens is 2. The fraction of sp³-hybridized carbons (Fsp3) is 0.208. The highest BCUT2D eigenvalue weighted by molar-refractivity contribution is 7.19. The minimum atomic E-state index is -0.981. The number of carboxylic acid groups (broad SMARTS) is 1. The van der Waals surface area contributed by atoms with Crippen LogP contribution < -0.4 is 5.32 Å². The number of nitrogens with one attached hydrogen (secondary N) is 1. The van der Waals surface area contributed by atoms with E-state index in [9.17, 15) is 15.0 Å². The van der Waals surface area contributed by atoms with E-state index in [1.54, 1.807) is 6.07 Å². The van der Waals surface area contributed by atoms with Gasteiger partial charge >= 0.3 is 5.97 Å². The molecule has 0 aliphatic rings. The van der Waals surface area contributed by atoms with Gasteiger partial charge in [-0.25, -0.2) is 14.8 Å². The predicted molar refractivity (Wildman–Crippen MR) is 134 cm³/mol. The number of benzene rings is 2. The number of thiophene rings is 1. The normalized spacial score (nSPS) is 12.1. The Morgan fingerprint density at radius 1 is 1.21 bits per heavy atom. The molecule has 0 spiro atoms.